The topological polar surface area (TPSA) is 73.4 Å². The van der Waals surface area contributed by atoms with Gasteiger partial charge in [-0.3, -0.25) is 4.79 Å². The Kier molecular flexibility index (Phi) is 4.84. The average Bonchev–Trinajstić information content (AvgIpc) is 3.43. The van der Waals surface area contributed by atoms with E-state index in [1.165, 1.54) is 11.0 Å². The number of aromatic nitrogens is 3. The van der Waals surface area contributed by atoms with E-state index >= 15 is 0 Å². The summed E-state index contributed by atoms with van der Waals surface area (Å²) in [5.41, 5.74) is 0. The molecule has 2 aromatic carbocycles. The highest BCUT2D eigenvalue weighted by Crippen LogP contribution is 2.30. The van der Waals surface area contributed by atoms with Crippen LogP contribution in [0.5, 0.6) is 5.75 Å². The Bertz CT molecular complexity index is 1300. The second-order valence-electron chi connectivity index (χ2n) is 7.38. The summed E-state index contributed by atoms with van der Waals surface area (Å²) in [6.07, 6.45) is -4.58. The van der Waals surface area contributed by atoms with Crippen LogP contribution in [0.2, 0.25) is 0 Å². The lowest BCUT2D eigenvalue weighted by molar-refractivity contribution is -0.147. The van der Waals surface area contributed by atoms with E-state index in [9.17, 15) is 18.0 Å². The molecule has 5 rings (SSSR count). The maximum absolute atomic E-state index is 13.0. The van der Waals surface area contributed by atoms with Gasteiger partial charge >= 0.3 is 6.18 Å². The minimum atomic E-state index is -4.58. The fourth-order valence-electron chi connectivity index (χ4n) is 3.68. The molecular formula is C22H17F3N4O3. The van der Waals surface area contributed by atoms with E-state index < -0.39 is 17.9 Å². The molecule has 1 aliphatic rings. The molecule has 32 heavy (non-hydrogen) atoms. The van der Waals surface area contributed by atoms with Gasteiger partial charge in [0, 0.05) is 13.1 Å². The number of carbonyl (C=O) groups is 1. The molecule has 1 amide bonds. The first-order valence-corrected chi connectivity index (χ1v) is 9.87. The summed E-state index contributed by atoms with van der Waals surface area (Å²) in [5.74, 6) is -0.171. The molecule has 0 N–H and O–H groups in total. The van der Waals surface area contributed by atoms with Gasteiger partial charge in [-0.25, -0.2) is 0 Å². The van der Waals surface area contributed by atoms with Crippen molar-refractivity contribution in [3.8, 4) is 5.75 Å². The van der Waals surface area contributed by atoms with Crippen LogP contribution in [0, 0.1) is 0 Å². The van der Waals surface area contributed by atoms with Crippen LogP contribution in [0.1, 0.15) is 28.0 Å². The van der Waals surface area contributed by atoms with Gasteiger partial charge in [0.1, 0.15) is 18.1 Å². The molecule has 4 aromatic rings. The van der Waals surface area contributed by atoms with E-state index in [-0.39, 0.29) is 37.8 Å². The summed E-state index contributed by atoms with van der Waals surface area (Å²) in [4.78, 5) is 14.1. The first-order valence-electron chi connectivity index (χ1n) is 9.87. The number of alkyl halides is 3. The number of carbonyl (C=O) groups excluding carboxylic acids is 1. The molecule has 0 bridgehead atoms. The third-order valence-corrected chi connectivity index (χ3v) is 5.27. The largest absolute Gasteiger partial charge is 0.486 e. The molecule has 0 atom stereocenters. The monoisotopic (exact) mass is 442 g/mol. The van der Waals surface area contributed by atoms with Crippen molar-refractivity contribution in [2.24, 2.45) is 0 Å². The maximum Gasteiger partial charge on any atom is 0.451 e. The zero-order valence-corrected chi connectivity index (χ0v) is 16.7. The fourth-order valence-corrected chi connectivity index (χ4v) is 3.68. The molecule has 3 heterocycles. The van der Waals surface area contributed by atoms with Crippen molar-refractivity contribution >= 4 is 16.7 Å². The van der Waals surface area contributed by atoms with E-state index in [2.05, 4.69) is 10.2 Å². The normalized spacial score (nSPS) is 13.9. The van der Waals surface area contributed by atoms with Crippen molar-refractivity contribution in [2.75, 3.05) is 6.54 Å². The van der Waals surface area contributed by atoms with Gasteiger partial charge in [-0.2, -0.15) is 13.2 Å². The molecule has 0 saturated carbocycles. The Hall–Kier alpha value is -3.82. The zero-order chi connectivity index (χ0) is 22.3. The number of hydrogen-bond acceptors (Lipinski definition) is 5. The summed E-state index contributed by atoms with van der Waals surface area (Å²) >= 11 is 0. The van der Waals surface area contributed by atoms with Gasteiger partial charge in [-0.15, -0.1) is 10.2 Å². The summed E-state index contributed by atoms with van der Waals surface area (Å²) in [5, 5.41) is 8.96. The van der Waals surface area contributed by atoms with E-state index in [0.717, 1.165) is 15.3 Å². The number of ether oxygens (including phenoxy) is 1. The Labute approximate surface area is 180 Å². The van der Waals surface area contributed by atoms with Crippen LogP contribution >= 0.6 is 0 Å². The molecule has 10 heteroatoms. The van der Waals surface area contributed by atoms with Crippen molar-refractivity contribution < 1.29 is 27.1 Å². The Morgan fingerprint density at radius 1 is 1.03 bits per heavy atom. The number of fused-ring (bicyclic) bond motifs is 2. The number of furan rings is 1. The molecule has 7 nitrogen and oxygen atoms in total. The first kappa shape index (κ1) is 20.1. The third-order valence-electron chi connectivity index (χ3n) is 5.27. The number of halogens is 3. The van der Waals surface area contributed by atoms with Crippen LogP contribution < -0.4 is 4.74 Å². The summed E-state index contributed by atoms with van der Waals surface area (Å²) in [7, 11) is 0. The summed E-state index contributed by atoms with van der Waals surface area (Å²) in [6, 6.07) is 16.8. The number of rotatable bonds is 4. The van der Waals surface area contributed by atoms with Crippen LogP contribution in [0.15, 0.2) is 59.0 Å². The maximum atomic E-state index is 13.0. The molecule has 0 unspecified atom stereocenters. The molecule has 164 valence electrons. The zero-order valence-electron chi connectivity index (χ0n) is 16.7. The van der Waals surface area contributed by atoms with Gasteiger partial charge in [0.25, 0.3) is 5.91 Å². The smallest absolute Gasteiger partial charge is 0.451 e. The van der Waals surface area contributed by atoms with Gasteiger partial charge in [-0.05, 0) is 35.0 Å². The fraction of sp³-hybridized carbons (Fsp3) is 0.227. The van der Waals surface area contributed by atoms with Crippen LogP contribution in [0.4, 0.5) is 13.2 Å². The predicted molar refractivity (Wildman–Crippen MR) is 107 cm³/mol. The van der Waals surface area contributed by atoms with Gasteiger partial charge in [0.2, 0.25) is 5.82 Å². The molecule has 0 spiro atoms. The molecule has 1 aliphatic heterocycles. The molecule has 0 radical (unpaired) electrons. The van der Waals surface area contributed by atoms with Crippen molar-refractivity contribution in [3.05, 3.63) is 77.8 Å². The van der Waals surface area contributed by atoms with Crippen LogP contribution in [-0.4, -0.2) is 32.1 Å². The van der Waals surface area contributed by atoms with E-state index in [4.69, 9.17) is 9.15 Å². The highest BCUT2D eigenvalue weighted by Gasteiger charge is 2.40. The highest BCUT2D eigenvalue weighted by molar-refractivity contribution is 5.91. The number of benzene rings is 2. The van der Waals surface area contributed by atoms with Crippen LogP contribution in [-0.2, 0) is 25.9 Å². The summed E-state index contributed by atoms with van der Waals surface area (Å²) in [6.45, 7) is 0.110. The van der Waals surface area contributed by atoms with E-state index in [1.807, 2.05) is 42.5 Å². The van der Waals surface area contributed by atoms with Crippen LogP contribution in [0.3, 0.4) is 0 Å². The Morgan fingerprint density at radius 2 is 1.84 bits per heavy atom. The van der Waals surface area contributed by atoms with Gasteiger partial charge < -0.3 is 18.6 Å². The lowest BCUT2D eigenvalue weighted by Gasteiger charge is -2.27. The lowest BCUT2D eigenvalue weighted by Crippen LogP contribution is -2.39. The number of amides is 1. The molecule has 2 aromatic heterocycles. The summed E-state index contributed by atoms with van der Waals surface area (Å²) < 4.78 is 51.3. The molecular weight excluding hydrogens is 425 g/mol. The van der Waals surface area contributed by atoms with Crippen LogP contribution in [0.25, 0.3) is 10.8 Å². The SMILES string of the molecule is O=C(c1ccc(COc2ccc3ccccc3c2)o1)N1CCn2c(nnc2C(F)(F)F)C1. The second kappa shape index (κ2) is 7.70. The highest BCUT2D eigenvalue weighted by atomic mass is 19.4. The average molecular weight is 442 g/mol. The van der Waals surface area contributed by atoms with Crippen molar-refractivity contribution in [1.82, 2.24) is 19.7 Å². The molecule has 0 saturated heterocycles. The van der Waals surface area contributed by atoms with Gasteiger partial charge in [-0.1, -0.05) is 30.3 Å². The van der Waals surface area contributed by atoms with Gasteiger partial charge in [0.15, 0.2) is 11.6 Å². The standard InChI is InChI=1S/C22H17F3N4O3/c23-22(24,25)21-27-26-19-12-28(9-10-29(19)21)20(30)18-8-7-17(32-18)13-31-16-6-5-14-3-1-2-4-15(14)11-16/h1-8,11H,9-10,12-13H2. The first-order chi connectivity index (χ1) is 15.4. The van der Waals surface area contributed by atoms with Crippen molar-refractivity contribution in [2.45, 2.75) is 25.9 Å². The molecule has 0 fully saturated rings. The predicted octanol–water partition coefficient (Wildman–Crippen LogP) is 4.28. The minimum Gasteiger partial charge on any atom is -0.486 e. The van der Waals surface area contributed by atoms with Gasteiger partial charge in [0.05, 0.1) is 6.54 Å². The third kappa shape index (κ3) is 3.79. The quantitative estimate of drug-likeness (QED) is 0.472. The van der Waals surface area contributed by atoms with Crippen molar-refractivity contribution in [1.29, 1.82) is 0 Å². The van der Waals surface area contributed by atoms with Crippen molar-refractivity contribution in [3.63, 3.8) is 0 Å². The number of hydrogen-bond donors (Lipinski definition) is 0. The second-order valence-corrected chi connectivity index (χ2v) is 7.38. The van der Waals surface area contributed by atoms with E-state index in [0.29, 0.717) is 11.5 Å². The minimum absolute atomic E-state index is 0.0401. The van der Waals surface area contributed by atoms with E-state index in [1.54, 1.807) is 6.07 Å². The Morgan fingerprint density at radius 3 is 2.66 bits per heavy atom. The Balaban J connectivity index is 1.24. The number of nitrogens with zero attached hydrogens (tertiary/aromatic N) is 4. The molecule has 0 aliphatic carbocycles. The lowest BCUT2D eigenvalue weighted by atomic mass is 10.1.